The maximum Gasteiger partial charge on any atom is 0.336 e. The Hall–Kier alpha value is -4.06. The minimum atomic E-state index is -1.42. The van der Waals surface area contributed by atoms with Gasteiger partial charge in [-0.15, -0.1) is 0 Å². The number of hydrogen-bond acceptors (Lipinski definition) is 4. The van der Waals surface area contributed by atoms with Crippen LogP contribution in [-0.2, 0) is 12.8 Å². The van der Waals surface area contributed by atoms with Crippen molar-refractivity contribution in [3.63, 3.8) is 0 Å². The number of carboxylic acid groups (broad SMARTS) is 2. The summed E-state index contributed by atoms with van der Waals surface area (Å²) in [6.07, 6.45) is 5.92. The van der Waals surface area contributed by atoms with Gasteiger partial charge >= 0.3 is 11.9 Å². The maximum absolute atomic E-state index is 13.5. The van der Waals surface area contributed by atoms with Gasteiger partial charge in [-0.2, -0.15) is 0 Å². The van der Waals surface area contributed by atoms with E-state index in [9.17, 15) is 29.4 Å². The minimum absolute atomic E-state index is 0.247. The van der Waals surface area contributed by atoms with Crippen molar-refractivity contribution in [3.8, 4) is 0 Å². The van der Waals surface area contributed by atoms with Crippen LogP contribution >= 0.6 is 0 Å². The molecule has 2 atom stereocenters. The van der Waals surface area contributed by atoms with Crippen LogP contribution in [0.3, 0.4) is 0 Å². The molecule has 0 fully saturated rings. The normalized spacial score (nSPS) is 13.2. The van der Waals surface area contributed by atoms with Crippen molar-refractivity contribution < 1.29 is 29.4 Å². The molecule has 6 heteroatoms. The topological polar surface area (TPSA) is 109 Å². The van der Waals surface area contributed by atoms with Gasteiger partial charge in [-0.1, -0.05) is 104 Å². The standard InChI is InChI=1S/C40H50O6/c1-25(23-39(3,4)5)9-11-27-13-17-29(18-14-27)35(41)31-21-34(38(45)46)32(22-33(31)37(43)44)36(42)30-19-15-28(16-20-30)12-10-26(2)24-40(6,7)8/h13-22,25-26H,9-12,23-24H2,1-8H3,(H,43,44)(H,45,46). The van der Waals surface area contributed by atoms with Gasteiger partial charge in [0.1, 0.15) is 0 Å². The second kappa shape index (κ2) is 15.0. The van der Waals surface area contributed by atoms with Crippen LogP contribution in [-0.4, -0.2) is 33.7 Å². The Balaban J connectivity index is 1.84. The molecule has 0 aliphatic rings. The lowest BCUT2D eigenvalue weighted by molar-refractivity contribution is 0.0677. The van der Waals surface area contributed by atoms with Gasteiger partial charge in [0.2, 0.25) is 0 Å². The van der Waals surface area contributed by atoms with Gasteiger partial charge in [0, 0.05) is 22.3 Å². The quantitative estimate of drug-likeness (QED) is 0.173. The van der Waals surface area contributed by atoms with E-state index in [0.29, 0.717) is 11.8 Å². The zero-order chi connectivity index (χ0) is 34.4. The molecule has 0 aromatic heterocycles. The fourth-order valence-corrected chi connectivity index (χ4v) is 6.41. The number of aryl methyl sites for hydroxylation is 2. The zero-order valence-electron chi connectivity index (χ0n) is 28.7. The van der Waals surface area contributed by atoms with E-state index >= 15 is 0 Å². The second-order valence-corrected chi connectivity index (χ2v) is 15.4. The number of carboxylic acids is 2. The Kier molecular flexibility index (Phi) is 11.9. The monoisotopic (exact) mass is 626 g/mol. The van der Waals surface area contributed by atoms with Gasteiger partial charge in [-0.25, -0.2) is 9.59 Å². The Morgan fingerprint density at radius 3 is 1.11 bits per heavy atom. The lowest BCUT2D eigenvalue weighted by Crippen LogP contribution is -2.17. The average molecular weight is 627 g/mol. The Morgan fingerprint density at radius 2 is 0.848 bits per heavy atom. The predicted octanol–water partition coefficient (Wildman–Crippen LogP) is 9.55. The molecule has 3 aromatic carbocycles. The highest BCUT2D eigenvalue weighted by Crippen LogP contribution is 2.29. The first-order chi connectivity index (χ1) is 21.3. The van der Waals surface area contributed by atoms with E-state index < -0.39 is 34.6 Å². The van der Waals surface area contributed by atoms with E-state index in [1.807, 2.05) is 24.3 Å². The smallest absolute Gasteiger partial charge is 0.336 e. The lowest BCUT2D eigenvalue weighted by Gasteiger charge is -2.23. The van der Waals surface area contributed by atoms with Crippen LogP contribution < -0.4 is 0 Å². The van der Waals surface area contributed by atoms with Crippen molar-refractivity contribution in [1.29, 1.82) is 0 Å². The number of hydrogen-bond donors (Lipinski definition) is 2. The third-order valence-corrected chi connectivity index (χ3v) is 8.31. The van der Waals surface area contributed by atoms with Crippen molar-refractivity contribution >= 4 is 23.5 Å². The summed E-state index contributed by atoms with van der Waals surface area (Å²) in [6, 6.07) is 16.0. The number of ketones is 2. The molecule has 0 radical (unpaired) electrons. The lowest BCUT2D eigenvalue weighted by atomic mass is 9.83. The molecule has 3 rings (SSSR count). The highest BCUT2D eigenvalue weighted by atomic mass is 16.4. The number of benzene rings is 3. The van der Waals surface area contributed by atoms with Gasteiger partial charge in [-0.3, -0.25) is 9.59 Å². The summed E-state index contributed by atoms with van der Waals surface area (Å²) in [7, 11) is 0. The number of carbonyl (C=O) groups excluding carboxylic acids is 2. The van der Waals surface area contributed by atoms with Gasteiger partial charge in [0.25, 0.3) is 0 Å². The molecule has 3 aromatic rings. The molecule has 0 aliphatic carbocycles. The number of carbonyl (C=O) groups is 4. The highest BCUT2D eigenvalue weighted by molar-refractivity contribution is 6.19. The fraction of sp³-hybridized carbons (Fsp3) is 0.450. The Morgan fingerprint density at radius 1 is 0.543 bits per heavy atom. The highest BCUT2D eigenvalue weighted by Gasteiger charge is 2.27. The van der Waals surface area contributed by atoms with Gasteiger partial charge in [0.15, 0.2) is 11.6 Å². The van der Waals surface area contributed by atoms with E-state index in [4.69, 9.17) is 0 Å². The molecule has 2 unspecified atom stereocenters. The van der Waals surface area contributed by atoms with E-state index in [2.05, 4.69) is 55.4 Å². The zero-order valence-corrected chi connectivity index (χ0v) is 28.7. The van der Waals surface area contributed by atoms with E-state index in [-0.39, 0.29) is 33.1 Å². The summed E-state index contributed by atoms with van der Waals surface area (Å²) >= 11 is 0. The van der Waals surface area contributed by atoms with Crippen molar-refractivity contribution in [2.24, 2.45) is 22.7 Å². The van der Waals surface area contributed by atoms with Crippen molar-refractivity contribution in [1.82, 2.24) is 0 Å². The van der Waals surface area contributed by atoms with Crippen LogP contribution in [0.2, 0.25) is 0 Å². The van der Waals surface area contributed by atoms with Crippen molar-refractivity contribution in [3.05, 3.63) is 105 Å². The molecule has 0 heterocycles. The average Bonchev–Trinajstić information content (AvgIpc) is 2.96. The van der Waals surface area contributed by atoms with Gasteiger partial charge < -0.3 is 10.2 Å². The number of aromatic carboxylic acids is 2. The molecule has 246 valence electrons. The molecule has 0 amide bonds. The summed E-state index contributed by atoms with van der Waals surface area (Å²) in [6.45, 7) is 17.8. The van der Waals surface area contributed by atoms with Crippen molar-refractivity contribution in [2.75, 3.05) is 0 Å². The molecule has 0 aliphatic heterocycles. The predicted molar refractivity (Wildman–Crippen MR) is 183 cm³/mol. The maximum atomic E-state index is 13.5. The third kappa shape index (κ3) is 10.5. The van der Waals surface area contributed by atoms with Crippen LogP contribution in [0.15, 0.2) is 60.7 Å². The molecule has 0 spiro atoms. The summed E-state index contributed by atoms with van der Waals surface area (Å²) < 4.78 is 0. The van der Waals surface area contributed by atoms with Crippen LogP contribution in [0.1, 0.15) is 145 Å². The first kappa shape index (κ1) is 36.4. The molecule has 0 saturated carbocycles. The van der Waals surface area contributed by atoms with Crippen LogP contribution in [0.4, 0.5) is 0 Å². The Labute approximate surface area is 274 Å². The molecule has 0 bridgehead atoms. The molecule has 6 nitrogen and oxygen atoms in total. The number of rotatable bonds is 14. The van der Waals surface area contributed by atoms with E-state index in [0.717, 1.165) is 61.8 Å². The molecule has 0 saturated heterocycles. The SMILES string of the molecule is CC(CCc1ccc(C(=O)c2cc(C(=O)O)c(C(=O)c3ccc(CCC(C)CC(C)(C)C)cc3)cc2C(=O)O)cc1)CC(C)(C)C. The molecule has 2 N–H and O–H groups in total. The first-order valence-corrected chi connectivity index (χ1v) is 16.3. The summed E-state index contributed by atoms with van der Waals surface area (Å²) in [5.41, 5.74) is 1.75. The molecular formula is C40H50O6. The van der Waals surface area contributed by atoms with Gasteiger partial charge in [0.05, 0.1) is 11.1 Å². The summed E-state index contributed by atoms with van der Waals surface area (Å²) in [4.78, 5) is 51.6. The summed E-state index contributed by atoms with van der Waals surface area (Å²) in [5.74, 6) is -2.98. The third-order valence-electron chi connectivity index (χ3n) is 8.31. The van der Waals surface area contributed by atoms with E-state index in [1.54, 1.807) is 24.3 Å². The molecular weight excluding hydrogens is 576 g/mol. The minimum Gasteiger partial charge on any atom is -0.478 e. The van der Waals surface area contributed by atoms with E-state index in [1.165, 1.54) is 0 Å². The first-order valence-electron chi connectivity index (χ1n) is 16.3. The van der Waals surface area contributed by atoms with Gasteiger partial charge in [-0.05, 0) is 84.5 Å². The largest absolute Gasteiger partial charge is 0.478 e. The van der Waals surface area contributed by atoms with Crippen molar-refractivity contribution in [2.45, 2.75) is 93.9 Å². The fourth-order valence-electron chi connectivity index (χ4n) is 6.41. The van der Waals surface area contributed by atoms with Crippen LogP contribution in [0, 0.1) is 22.7 Å². The summed E-state index contributed by atoms with van der Waals surface area (Å²) in [5, 5.41) is 20.0. The van der Waals surface area contributed by atoms with Crippen LogP contribution in [0.5, 0.6) is 0 Å². The molecule has 46 heavy (non-hydrogen) atoms. The Bertz CT molecular complexity index is 1430. The second-order valence-electron chi connectivity index (χ2n) is 15.4. The van der Waals surface area contributed by atoms with Crippen LogP contribution in [0.25, 0.3) is 0 Å².